The third-order valence-electron chi connectivity index (χ3n) is 15.6. The summed E-state index contributed by atoms with van der Waals surface area (Å²) < 4.78 is 23.5. The Hall–Kier alpha value is -2.32. The van der Waals surface area contributed by atoms with Crippen LogP contribution >= 0.6 is 7.82 Å². The Balaban J connectivity index is 4.03. The van der Waals surface area contributed by atoms with Gasteiger partial charge in [-0.25, -0.2) is 0 Å². The quantitative estimate of drug-likeness (QED) is 0.0272. The number of carbonyl (C=O) groups excluding carboxylic acids is 1. The smallest absolute Gasteiger partial charge is 0.268 e. The molecule has 0 saturated carbocycles. The molecule has 3 atom stereocenters. The first-order chi connectivity index (χ1) is 40.0. The SMILES string of the molecule is CC/C=C\C/C=C\C/C=C\C/C=C\C/C=C\C/C=C\C/C=C\CCCCCCCCCCCCCCCCCC(=O)NC(COP(=O)([O-])OCC[N+](C)(C)C)C(O)CCCCCCCCCCCCCCCCCCCCCCCCC. The fraction of sp³-hybridized carbons (Fsp3) is 0.795. The van der Waals surface area contributed by atoms with Crippen LogP contribution in [0.25, 0.3) is 0 Å². The number of likely N-dealkylation sites (N-methyl/N-ethyl adjacent to an activating group) is 1. The summed E-state index contributed by atoms with van der Waals surface area (Å²) in [5.41, 5.74) is 0. The highest BCUT2D eigenvalue weighted by atomic mass is 31.2. The van der Waals surface area contributed by atoms with Crippen LogP contribution in [0.3, 0.4) is 0 Å². The van der Waals surface area contributed by atoms with E-state index in [0.717, 1.165) is 83.5 Å². The summed E-state index contributed by atoms with van der Waals surface area (Å²) >= 11 is 0. The van der Waals surface area contributed by atoms with Crippen molar-refractivity contribution in [2.24, 2.45) is 0 Å². The number of quaternary nitrogens is 1. The Morgan fingerprint density at radius 2 is 0.744 bits per heavy atom. The number of amides is 1. The van der Waals surface area contributed by atoms with E-state index in [0.29, 0.717) is 23.9 Å². The van der Waals surface area contributed by atoms with Gasteiger partial charge in [0.25, 0.3) is 7.82 Å². The van der Waals surface area contributed by atoms with E-state index >= 15 is 0 Å². The molecule has 1 amide bonds. The Kier molecular flexibility index (Phi) is 61.4. The second-order valence-corrected chi connectivity index (χ2v) is 26.3. The number of aliphatic hydroxyl groups excluding tert-OH is 1. The van der Waals surface area contributed by atoms with E-state index in [1.165, 1.54) is 212 Å². The first kappa shape index (κ1) is 79.7. The molecule has 0 aromatic heterocycles. The van der Waals surface area contributed by atoms with Gasteiger partial charge in [-0.3, -0.25) is 9.36 Å². The summed E-state index contributed by atoms with van der Waals surface area (Å²) in [5, 5.41) is 14.1. The van der Waals surface area contributed by atoms with Gasteiger partial charge in [-0.15, -0.1) is 0 Å². The van der Waals surface area contributed by atoms with Crippen molar-refractivity contribution in [3.8, 4) is 0 Å². The lowest BCUT2D eigenvalue weighted by atomic mass is 10.0. The molecular formula is C73H135N2O6P. The van der Waals surface area contributed by atoms with Crippen LogP contribution in [0.15, 0.2) is 85.1 Å². The van der Waals surface area contributed by atoms with Crippen LogP contribution in [-0.2, 0) is 18.4 Å². The van der Waals surface area contributed by atoms with E-state index < -0.39 is 20.0 Å². The zero-order valence-electron chi connectivity index (χ0n) is 54.7. The second-order valence-electron chi connectivity index (χ2n) is 24.9. The van der Waals surface area contributed by atoms with Crippen molar-refractivity contribution in [2.45, 2.75) is 334 Å². The summed E-state index contributed by atoms with van der Waals surface area (Å²) in [7, 11) is 1.31. The molecule has 0 aliphatic carbocycles. The largest absolute Gasteiger partial charge is 0.756 e. The molecule has 2 N–H and O–H groups in total. The van der Waals surface area contributed by atoms with Crippen LogP contribution < -0.4 is 10.2 Å². The summed E-state index contributed by atoms with van der Waals surface area (Å²) in [5.74, 6) is -0.163. The molecule has 0 aliphatic heterocycles. The first-order valence-corrected chi connectivity index (χ1v) is 36.4. The van der Waals surface area contributed by atoms with E-state index in [4.69, 9.17) is 9.05 Å². The molecule has 0 rings (SSSR count). The second kappa shape index (κ2) is 63.2. The van der Waals surface area contributed by atoms with Crippen LogP contribution in [0, 0.1) is 0 Å². The number of nitrogens with one attached hydrogen (secondary N) is 1. The molecule has 478 valence electrons. The fourth-order valence-electron chi connectivity index (χ4n) is 10.3. The maximum atomic E-state index is 13.1. The number of aliphatic hydroxyl groups is 1. The normalized spacial score (nSPS) is 14.2. The topological polar surface area (TPSA) is 108 Å². The van der Waals surface area contributed by atoms with Crippen LogP contribution in [0.2, 0.25) is 0 Å². The number of rotatable bonds is 64. The van der Waals surface area contributed by atoms with Crippen molar-refractivity contribution in [3.05, 3.63) is 85.1 Å². The molecule has 0 aromatic carbocycles. The van der Waals surface area contributed by atoms with E-state index in [-0.39, 0.29) is 19.1 Å². The molecular weight excluding hydrogens is 1030 g/mol. The number of unbranched alkanes of at least 4 members (excludes halogenated alkanes) is 37. The molecule has 0 radical (unpaired) electrons. The third-order valence-corrected chi connectivity index (χ3v) is 16.6. The van der Waals surface area contributed by atoms with E-state index in [2.05, 4.69) is 104 Å². The number of hydrogen-bond donors (Lipinski definition) is 2. The Morgan fingerprint density at radius 1 is 0.439 bits per heavy atom. The zero-order chi connectivity index (χ0) is 59.8. The van der Waals surface area contributed by atoms with Gasteiger partial charge in [0, 0.05) is 6.42 Å². The maximum absolute atomic E-state index is 13.1. The minimum atomic E-state index is -4.58. The van der Waals surface area contributed by atoms with E-state index in [1.807, 2.05) is 21.1 Å². The Morgan fingerprint density at radius 3 is 1.09 bits per heavy atom. The van der Waals surface area contributed by atoms with Gasteiger partial charge in [0.2, 0.25) is 5.91 Å². The molecule has 82 heavy (non-hydrogen) atoms. The highest BCUT2D eigenvalue weighted by Crippen LogP contribution is 2.38. The molecule has 0 bridgehead atoms. The maximum Gasteiger partial charge on any atom is 0.268 e. The zero-order valence-corrected chi connectivity index (χ0v) is 55.6. The van der Waals surface area contributed by atoms with Crippen molar-refractivity contribution in [1.82, 2.24) is 5.32 Å². The van der Waals surface area contributed by atoms with Crippen LogP contribution in [0.1, 0.15) is 322 Å². The van der Waals surface area contributed by atoms with Gasteiger partial charge in [0.15, 0.2) is 0 Å². The number of hydrogen-bond acceptors (Lipinski definition) is 6. The number of phosphoric ester groups is 1. The molecule has 0 saturated heterocycles. The lowest BCUT2D eigenvalue weighted by molar-refractivity contribution is -0.870. The van der Waals surface area contributed by atoms with Crippen molar-refractivity contribution < 1.29 is 32.9 Å². The molecule has 3 unspecified atom stereocenters. The first-order valence-electron chi connectivity index (χ1n) is 34.9. The molecule has 0 aliphatic rings. The van der Waals surface area contributed by atoms with Gasteiger partial charge in [-0.1, -0.05) is 330 Å². The number of phosphoric acid groups is 1. The highest BCUT2D eigenvalue weighted by molar-refractivity contribution is 7.45. The van der Waals surface area contributed by atoms with Crippen LogP contribution in [-0.4, -0.2) is 68.5 Å². The van der Waals surface area contributed by atoms with Crippen molar-refractivity contribution in [2.75, 3.05) is 40.9 Å². The minimum Gasteiger partial charge on any atom is -0.756 e. The van der Waals surface area contributed by atoms with Crippen LogP contribution in [0.5, 0.6) is 0 Å². The Bertz CT molecular complexity index is 1610. The molecule has 0 spiro atoms. The van der Waals surface area contributed by atoms with Gasteiger partial charge < -0.3 is 28.8 Å². The predicted molar refractivity (Wildman–Crippen MR) is 357 cm³/mol. The lowest BCUT2D eigenvalue weighted by Crippen LogP contribution is -2.46. The van der Waals surface area contributed by atoms with Gasteiger partial charge >= 0.3 is 0 Å². The van der Waals surface area contributed by atoms with Gasteiger partial charge in [0.1, 0.15) is 13.2 Å². The molecule has 0 aromatic rings. The Labute approximate surface area is 509 Å². The van der Waals surface area contributed by atoms with Crippen LogP contribution in [0.4, 0.5) is 0 Å². The molecule has 9 heteroatoms. The minimum absolute atomic E-state index is 0.0109. The van der Waals surface area contributed by atoms with Gasteiger partial charge in [0.05, 0.1) is 39.9 Å². The summed E-state index contributed by atoms with van der Waals surface area (Å²) in [6.07, 6.45) is 89.4. The number of carbonyl (C=O) groups is 1. The molecule has 0 heterocycles. The van der Waals surface area contributed by atoms with Crippen molar-refractivity contribution in [3.63, 3.8) is 0 Å². The third kappa shape index (κ3) is 65.2. The van der Waals surface area contributed by atoms with Crippen molar-refractivity contribution >= 4 is 13.7 Å². The monoisotopic (exact) mass is 1170 g/mol. The standard InChI is InChI=1S/C73H135N2O6P/c1-6-8-10-12-14-16-18-20-22-24-26-28-30-31-32-33-34-35-36-37-38-39-40-41-42-43-45-47-49-51-53-55-57-59-61-63-65-67-73(77)74-71(70-81-82(78,79)80-69-68-75(3,4)5)72(76)66-64-62-60-58-56-54-52-50-48-46-44-29-27-25-23-21-19-17-15-13-11-9-7-2/h8,10,14,16,20,22,26,28,31-32,34-35,37-38,71-72,76H,6-7,9,11-13,15,17-19,21,23-25,27,29-30,33,36,39-70H2,1-5H3,(H-,74,77,78,79)/b10-8-,16-14-,22-20-,28-26-,32-31-,35-34-,38-37-. The summed E-state index contributed by atoms with van der Waals surface area (Å²) in [6, 6.07) is -0.805. The molecule has 8 nitrogen and oxygen atoms in total. The number of allylic oxidation sites excluding steroid dienone is 14. The van der Waals surface area contributed by atoms with Gasteiger partial charge in [-0.2, -0.15) is 0 Å². The summed E-state index contributed by atoms with van der Waals surface area (Å²) in [6.45, 7) is 4.64. The van der Waals surface area contributed by atoms with Gasteiger partial charge in [-0.05, 0) is 70.6 Å². The predicted octanol–water partition coefficient (Wildman–Crippen LogP) is 21.7. The lowest BCUT2D eigenvalue weighted by Gasteiger charge is -2.30. The molecule has 0 fully saturated rings. The summed E-state index contributed by atoms with van der Waals surface area (Å²) in [4.78, 5) is 25.7. The average Bonchev–Trinajstić information content (AvgIpc) is 3.47. The number of nitrogens with zero attached hydrogens (tertiary/aromatic N) is 1. The van der Waals surface area contributed by atoms with Crippen molar-refractivity contribution in [1.29, 1.82) is 0 Å². The fourth-order valence-corrected chi connectivity index (χ4v) is 11.0. The average molecular weight is 1170 g/mol. The van der Waals surface area contributed by atoms with E-state index in [1.54, 1.807) is 0 Å². The van der Waals surface area contributed by atoms with E-state index in [9.17, 15) is 19.4 Å². The highest BCUT2D eigenvalue weighted by Gasteiger charge is 2.24.